The van der Waals surface area contributed by atoms with Crippen LogP contribution in [0.15, 0.2) is 35.8 Å². The number of halogens is 1. The van der Waals surface area contributed by atoms with Crippen molar-refractivity contribution >= 4 is 57.1 Å². The van der Waals surface area contributed by atoms with Gasteiger partial charge in [0.1, 0.15) is 15.4 Å². The van der Waals surface area contributed by atoms with Crippen LogP contribution in [-0.4, -0.2) is 36.0 Å². The first-order valence-corrected chi connectivity index (χ1v) is 10.9. The topological polar surface area (TPSA) is 94.6 Å². The predicted molar refractivity (Wildman–Crippen MR) is 116 cm³/mol. The first-order valence-electron chi connectivity index (χ1n) is 8.83. The molecule has 0 radical (unpaired) electrons. The Hall–Kier alpha value is -2.75. The number of hydrogen-bond donors (Lipinski definition) is 1. The van der Waals surface area contributed by atoms with Gasteiger partial charge in [-0.2, -0.15) is 0 Å². The number of rotatable bonds is 7. The summed E-state index contributed by atoms with van der Waals surface area (Å²) in [6.07, 6.45) is 1.40. The third-order valence-corrected chi connectivity index (χ3v) is 5.96. The summed E-state index contributed by atoms with van der Waals surface area (Å²) >= 11 is 8.61. The molecular weight excluding hydrogens is 448 g/mol. The van der Waals surface area contributed by atoms with Crippen LogP contribution in [0.4, 0.5) is 5.00 Å². The second kappa shape index (κ2) is 9.84. The molecule has 0 saturated carbocycles. The van der Waals surface area contributed by atoms with Crippen molar-refractivity contribution in [1.29, 1.82) is 0 Å². The number of esters is 2. The number of carbonyl (C=O) groups is 3. The highest BCUT2D eigenvalue weighted by atomic mass is 35.5. The number of carbonyl (C=O) groups excluding carboxylic acids is 3. The van der Waals surface area contributed by atoms with Gasteiger partial charge in [-0.3, -0.25) is 4.79 Å². The molecule has 7 nitrogen and oxygen atoms in total. The number of benzene rings is 1. The molecule has 0 aliphatic heterocycles. The molecule has 10 heteroatoms. The number of hydrogen-bond acceptors (Lipinski definition) is 8. The molecular formula is C20H17ClN2O5S2. The number of aryl methyl sites for hydroxylation is 1. The lowest BCUT2D eigenvalue weighted by atomic mass is 10.0. The van der Waals surface area contributed by atoms with E-state index in [-0.39, 0.29) is 17.2 Å². The summed E-state index contributed by atoms with van der Waals surface area (Å²) in [7, 11) is 0. The van der Waals surface area contributed by atoms with Gasteiger partial charge < -0.3 is 14.8 Å². The van der Waals surface area contributed by atoms with E-state index in [1.165, 1.54) is 17.5 Å². The molecule has 3 rings (SSSR count). The molecule has 0 bridgehead atoms. The van der Waals surface area contributed by atoms with E-state index < -0.39 is 24.5 Å². The first-order chi connectivity index (χ1) is 14.4. The Morgan fingerprint density at radius 3 is 2.57 bits per heavy atom. The predicted octanol–water partition coefficient (Wildman–Crippen LogP) is 4.81. The Bertz CT molecular complexity index is 1090. The quantitative estimate of drug-likeness (QED) is 0.504. The molecule has 2 heterocycles. The molecule has 0 spiro atoms. The molecule has 0 aliphatic rings. The number of nitrogens with zero attached hydrogens (tertiary/aromatic N) is 1. The summed E-state index contributed by atoms with van der Waals surface area (Å²) < 4.78 is 10.2. The fourth-order valence-electron chi connectivity index (χ4n) is 2.55. The van der Waals surface area contributed by atoms with Crippen LogP contribution in [0.1, 0.15) is 32.0 Å². The van der Waals surface area contributed by atoms with Crippen molar-refractivity contribution in [1.82, 2.24) is 4.98 Å². The lowest BCUT2D eigenvalue weighted by molar-refractivity contribution is -0.119. The molecule has 0 fully saturated rings. The summed E-state index contributed by atoms with van der Waals surface area (Å²) in [5, 5.41) is 5.81. The fraction of sp³-hybridized carbons (Fsp3) is 0.200. The van der Waals surface area contributed by atoms with Crippen LogP contribution in [0.2, 0.25) is 5.02 Å². The molecule has 1 amide bonds. The summed E-state index contributed by atoms with van der Waals surface area (Å²) in [6, 6.07) is 7.07. The molecule has 0 aliphatic carbocycles. The van der Waals surface area contributed by atoms with E-state index in [9.17, 15) is 14.4 Å². The van der Waals surface area contributed by atoms with E-state index in [4.69, 9.17) is 21.1 Å². The Morgan fingerprint density at radius 1 is 1.13 bits per heavy atom. The van der Waals surface area contributed by atoms with E-state index in [1.54, 1.807) is 43.5 Å². The monoisotopic (exact) mass is 464 g/mol. The lowest BCUT2D eigenvalue weighted by Crippen LogP contribution is -2.21. The third-order valence-electron chi connectivity index (χ3n) is 3.84. The standard InChI is InChI=1S/C20H17ClN2O5S2/c1-3-27-20(26)17-13(12-6-4-5-7-14(12)21)10-29-18(17)23-16(24)9-28-19(25)15-8-22-11(2)30-15/h4-8,10H,3,9H2,1-2H3,(H,23,24). The fourth-order valence-corrected chi connectivity index (χ4v) is 4.43. The maximum absolute atomic E-state index is 12.6. The van der Waals surface area contributed by atoms with Crippen molar-refractivity contribution in [3.63, 3.8) is 0 Å². The second-order valence-electron chi connectivity index (χ2n) is 5.92. The van der Waals surface area contributed by atoms with Crippen molar-refractivity contribution in [2.24, 2.45) is 0 Å². The van der Waals surface area contributed by atoms with Gasteiger partial charge in [-0.25, -0.2) is 14.6 Å². The summed E-state index contributed by atoms with van der Waals surface area (Å²) in [5.41, 5.74) is 1.40. The van der Waals surface area contributed by atoms with E-state index in [2.05, 4.69) is 10.3 Å². The number of ether oxygens (including phenoxy) is 2. The molecule has 156 valence electrons. The first kappa shape index (κ1) is 21.9. The molecule has 30 heavy (non-hydrogen) atoms. The summed E-state index contributed by atoms with van der Waals surface area (Å²) in [4.78, 5) is 41.2. The number of aromatic nitrogens is 1. The van der Waals surface area contributed by atoms with Crippen LogP contribution in [0.25, 0.3) is 11.1 Å². The molecule has 1 aromatic carbocycles. The number of amides is 1. The molecule has 0 unspecified atom stereocenters. The van der Waals surface area contributed by atoms with E-state index in [1.807, 2.05) is 0 Å². The van der Waals surface area contributed by atoms with Crippen molar-refractivity contribution in [2.75, 3.05) is 18.5 Å². The minimum Gasteiger partial charge on any atom is -0.462 e. The molecule has 3 aromatic rings. The van der Waals surface area contributed by atoms with Crippen LogP contribution in [-0.2, 0) is 14.3 Å². The maximum Gasteiger partial charge on any atom is 0.350 e. The number of thiazole rings is 1. The number of nitrogens with one attached hydrogen (secondary N) is 1. The van der Waals surface area contributed by atoms with Crippen molar-refractivity contribution in [3.05, 3.63) is 56.3 Å². The SMILES string of the molecule is CCOC(=O)c1c(-c2ccccc2Cl)csc1NC(=O)COC(=O)c1cnc(C)s1. The van der Waals surface area contributed by atoms with E-state index >= 15 is 0 Å². The molecule has 1 N–H and O–H groups in total. The summed E-state index contributed by atoms with van der Waals surface area (Å²) in [6.45, 7) is 3.13. The van der Waals surface area contributed by atoms with Gasteiger partial charge in [0.2, 0.25) is 0 Å². The van der Waals surface area contributed by atoms with E-state index in [0.29, 0.717) is 21.0 Å². The normalized spacial score (nSPS) is 10.5. The Morgan fingerprint density at radius 2 is 1.90 bits per heavy atom. The minimum absolute atomic E-state index is 0.176. The van der Waals surface area contributed by atoms with Gasteiger partial charge in [0.05, 0.1) is 17.8 Å². The largest absolute Gasteiger partial charge is 0.462 e. The molecule has 2 aromatic heterocycles. The highest BCUT2D eigenvalue weighted by molar-refractivity contribution is 7.15. The van der Waals surface area contributed by atoms with Crippen LogP contribution in [0.3, 0.4) is 0 Å². The van der Waals surface area contributed by atoms with Crippen LogP contribution >= 0.6 is 34.3 Å². The zero-order valence-electron chi connectivity index (χ0n) is 16.1. The van der Waals surface area contributed by atoms with E-state index in [0.717, 1.165) is 16.3 Å². The zero-order chi connectivity index (χ0) is 21.7. The zero-order valence-corrected chi connectivity index (χ0v) is 18.5. The van der Waals surface area contributed by atoms with Gasteiger partial charge in [0.25, 0.3) is 5.91 Å². The average molecular weight is 465 g/mol. The second-order valence-corrected chi connectivity index (χ2v) is 8.44. The highest BCUT2D eigenvalue weighted by Gasteiger charge is 2.24. The molecule has 0 atom stereocenters. The molecule has 0 saturated heterocycles. The Balaban J connectivity index is 1.78. The lowest BCUT2D eigenvalue weighted by Gasteiger charge is -2.09. The smallest absolute Gasteiger partial charge is 0.350 e. The van der Waals surface area contributed by atoms with Crippen LogP contribution in [0, 0.1) is 6.92 Å². The third kappa shape index (κ3) is 5.05. The van der Waals surface area contributed by atoms with Crippen molar-refractivity contribution < 1.29 is 23.9 Å². The minimum atomic E-state index is -0.635. The summed E-state index contributed by atoms with van der Waals surface area (Å²) in [5.74, 6) is -1.80. The van der Waals surface area contributed by atoms with Crippen molar-refractivity contribution in [3.8, 4) is 11.1 Å². The van der Waals surface area contributed by atoms with Gasteiger partial charge in [-0.05, 0) is 19.9 Å². The van der Waals surface area contributed by atoms with Gasteiger partial charge in [-0.15, -0.1) is 22.7 Å². The number of thiophene rings is 1. The van der Waals surface area contributed by atoms with Crippen LogP contribution in [0.5, 0.6) is 0 Å². The average Bonchev–Trinajstić information content (AvgIpc) is 3.33. The van der Waals surface area contributed by atoms with Crippen molar-refractivity contribution in [2.45, 2.75) is 13.8 Å². The van der Waals surface area contributed by atoms with Gasteiger partial charge in [0, 0.05) is 21.5 Å². The number of anilines is 1. The van der Waals surface area contributed by atoms with Gasteiger partial charge >= 0.3 is 11.9 Å². The Labute approximate surface area is 185 Å². The Kier molecular flexibility index (Phi) is 7.20. The van der Waals surface area contributed by atoms with Gasteiger partial charge in [-0.1, -0.05) is 29.8 Å². The van der Waals surface area contributed by atoms with Crippen LogP contribution < -0.4 is 5.32 Å². The highest BCUT2D eigenvalue weighted by Crippen LogP contribution is 2.39. The maximum atomic E-state index is 12.6. The van der Waals surface area contributed by atoms with Gasteiger partial charge in [0.15, 0.2) is 6.61 Å².